The zero-order chi connectivity index (χ0) is 12.1. The Labute approximate surface area is 97.4 Å². The normalized spacial score (nSPS) is 9.94. The summed E-state index contributed by atoms with van der Waals surface area (Å²) in [6.45, 7) is 5.67. The van der Waals surface area contributed by atoms with E-state index in [1.54, 1.807) is 20.8 Å². The number of aryl methyl sites for hydroxylation is 1. The maximum atomic E-state index is 11.5. The fourth-order valence-corrected chi connectivity index (χ4v) is 1.92. The molecule has 0 aliphatic carbocycles. The fourth-order valence-electron chi connectivity index (χ4n) is 1.06. The van der Waals surface area contributed by atoms with Gasteiger partial charge in [-0.3, -0.25) is 0 Å². The highest BCUT2D eigenvalue weighted by molar-refractivity contribution is 7.15. The number of hydrogen-bond acceptors (Lipinski definition) is 6. The monoisotopic (exact) mass is 243 g/mol. The van der Waals surface area contributed by atoms with Crippen LogP contribution in [-0.4, -0.2) is 30.1 Å². The van der Waals surface area contributed by atoms with E-state index in [9.17, 15) is 9.59 Å². The Balaban J connectivity index is 2.89. The van der Waals surface area contributed by atoms with Crippen LogP contribution in [0.1, 0.15) is 39.0 Å². The summed E-state index contributed by atoms with van der Waals surface area (Å²) in [4.78, 5) is 27.1. The predicted molar refractivity (Wildman–Crippen MR) is 58.8 cm³/mol. The molecule has 0 amide bonds. The number of thiazole rings is 1. The van der Waals surface area contributed by atoms with Gasteiger partial charge in [0.25, 0.3) is 0 Å². The highest BCUT2D eigenvalue weighted by Crippen LogP contribution is 2.19. The molecule has 5 nitrogen and oxygen atoms in total. The third-order valence-corrected chi connectivity index (χ3v) is 2.82. The largest absolute Gasteiger partial charge is 0.462 e. The minimum Gasteiger partial charge on any atom is -0.462 e. The lowest BCUT2D eigenvalue weighted by molar-refractivity contribution is 0.0518. The van der Waals surface area contributed by atoms with E-state index in [0.29, 0.717) is 17.2 Å². The first-order valence-electron chi connectivity index (χ1n) is 4.91. The molecule has 0 aliphatic heterocycles. The van der Waals surface area contributed by atoms with Gasteiger partial charge in [0, 0.05) is 0 Å². The Kier molecular flexibility index (Phi) is 4.42. The van der Waals surface area contributed by atoms with E-state index in [1.807, 2.05) is 0 Å². The van der Waals surface area contributed by atoms with Gasteiger partial charge in [0.05, 0.1) is 18.9 Å². The summed E-state index contributed by atoms with van der Waals surface area (Å²) in [5.74, 6) is -0.959. The number of ether oxygens (including phenoxy) is 2. The van der Waals surface area contributed by atoms with Crippen molar-refractivity contribution >= 4 is 23.3 Å². The Morgan fingerprint density at radius 2 is 1.75 bits per heavy atom. The lowest BCUT2D eigenvalue weighted by Gasteiger charge is -1.97. The van der Waals surface area contributed by atoms with Crippen LogP contribution in [0.4, 0.5) is 0 Å². The molecule has 0 N–H and O–H groups in total. The average molecular weight is 243 g/mol. The minimum atomic E-state index is -0.508. The van der Waals surface area contributed by atoms with Gasteiger partial charge in [-0.1, -0.05) is 11.3 Å². The van der Waals surface area contributed by atoms with Crippen molar-refractivity contribution in [1.29, 1.82) is 0 Å². The molecule has 0 aromatic carbocycles. The van der Waals surface area contributed by atoms with Gasteiger partial charge in [0.2, 0.25) is 5.01 Å². The van der Waals surface area contributed by atoms with Crippen LogP contribution in [0.5, 0.6) is 0 Å². The smallest absolute Gasteiger partial charge is 0.367 e. The third kappa shape index (κ3) is 2.79. The van der Waals surface area contributed by atoms with Crippen molar-refractivity contribution in [2.24, 2.45) is 0 Å². The van der Waals surface area contributed by atoms with Crippen molar-refractivity contribution in [3.63, 3.8) is 0 Å². The number of aromatic nitrogens is 1. The first-order chi connectivity index (χ1) is 7.60. The SMILES string of the molecule is CCOC(=O)c1nc(C)c(C(=O)OCC)s1. The van der Waals surface area contributed by atoms with Crippen molar-refractivity contribution in [2.75, 3.05) is 13.2 Å². The number of carbonyl (C=O) groups is 2. The molecule has 0 saturated heterocycles. The van der Waals surface area contributed by atoms with E-state index in [1.165, 1.54) is 0 Å². The third-order valence-electron chi connectivity index (χ3n) is 1.71. The van der Waals surface area contributed by atoms with Crippen LogP contribution in [0.15, 0.2) is 0 Å². The first kappa shape index (κ1) is 12.6. The van der Waals surface area contributed by atoms with Crippen LogP contribution in [0.2, 0.25) is 0 Å². The molecule has 0 radical (unpaired) electrons. The van der Waals surface area contributed by atoms with Gasteiger partial charge in [0.1, 0.15) is 4.88 Å². The van der Waals surface area contributed by atoms with Crippen LogP contribution in [0.25, 0.3) is 0 Å². The number of esters is 2. The van der Waals surface area contributed by atoms with Gasteiger partial charge in [-0.25, -0.2) is 14.6 Å². The topological polar surface area (TPSA) is 65.5 Å². The van der Waals surface area contributed by atoms with E-state index < -0.39 is 11.9 Å². The number of nitrogens with zero attached hydrogens (tertiary/aromatic N) is 1. The van der Waals surface area contributed by atoms with E-state index in [4.69, 9.17) is 9.47 Å². The highest BCUT2D eigenvalue weighted by atomic mass is 32.1. The van der Waals surface area contributed by atoms with Gasteiger partial charge in [0.15, 0.2) is 0 Å². The van der Waals surface area contributed by atoms with Gasteiger partial charge < -0.3 is 9.47 Å². The first-order valence-corrected chi connectivity index (χ1v) is 5.73. The molecular formula is C10H13NO4S. The molecule has 0 atom stereocenters. The zero-order valence-electron chi connectivity index (χ0n) is 9.40. The molecule has 0 spiro atoms. The second-order valence-corrected chi connectivity index (χ2v) is 3.87. The van der Waals surface area contributed by atoms with Gasteiger partial charge in [-0.2, -0.15) is 0 Å². The Morgan fingerprint density at radius 3 is 2.31 bits per heavy atom. The molecule has 88 valence electrons. The zero-order valence-corrected chi connectivity index (χ0v) is 10.2. The molecule has 0 aliphatic rings. The molecule has 1 heterocycles. The van der Waals surface area contributed by atoms with E-state index >= 15 is 0 Å². The van der Waals surface area contributed by atoms with E-state index in [0.717, 1.165) is 11.3 Å². The van der Waals surface area contributed by atoms with Crippen LogP contribution in [0.3, 0.4) is 0 Å². The maximum absolute atomic E-state index is 11.5. The van der Waals surface area contributed by atoms with E-state index in [2.05, 4.69) is 4.98 Å². The summed E-state index contributed by atoms with van der Waals surface area (Å²) in [5.41, 5.74) is 0.492. The predicted octanol–water partition coefficient (Wildman–Crippen LogP) is 1.80. The summed E-state index contributed by atoms with van der Waals surface area (Å²) in [6, 6.07) is 0. The molecule has 1 aromatic rings. The van der Waals surface area contributed by atoms with Crippen LogP contribution < -0.4 is 0 Å². The van der Waals surface area contributed by atoms with Gasteiger partial charge in [-0.05, 0) is 20.8 Å². The lowest BCUT2D eigenvalue weighted by atomic mass is 10.4. The highest BCUT2D eigenvalue weighted by Gasteiger charge is 2.20. The van der Waals surface area contributed by atoms with Crippen molar-refractivity contribution < 1.29 is 19.1 Å². The lowest BCUT2D eigenvalue weighted by Crippen LogP contribution is -2.03. The summed E-state index contributed by atoms with van der Waals surface area (Å²) >= 11 is 0.995. The van der Waals surface area contributed by atoms with Crippen LogP contribution >= 0.6 is 11.3 Å². The molecule has 16 heavy (non-hydrogen) atoms. The molecule has 0 saturated carbocycles. The van der Waals surface area contributed by atoms with Crippen LogP contribution in [-0.2, 0) is 9.47 Å². The Morgan fingerprint density at radius 1 is 1.19 bits per heavy atom. The second-order valence-electron chi connectivity index (χ2n) is 2.87. The van der Waals surface area contributed by atoms with Gasteiger partial charge >= 0.3 is 11.9 Å². The molecule has 0 fully saturated rings. The number of rotatable bonds is 4. The van der Waals surface area contributed by atoms with Gasteiger partial charge in [-0.15, -0.1) is 0 Å². The van der Waals surface area contributed by atoms with Crippen molar-refractivity contribution in [2.45, 2.75) is 20.8 Å². The number of carbonyl (C=O) groups excluding carboxylic acids is 2. The summed E-state index contributed by atoms with van der Waals surface area (Å²) in [5, 5.41) is 0.183. The molecule has 0 unspecified atom stereocenters. The van der Waals surface area contributed by atoms with Crippen LogP contribution in [0, 0.1) is 6.92 Å². The standard InChI is InChI=1S/C10H13NO4S/c1-4-14-9(12)7-6(3)11-8(16-7)10(13)15-5-2/h4-5H2,1-3H3. The van der Waals surface area contributed by atoms with E-state index in [-0.39, 0.29) is 11.6 Å². The molecule has 1 rings (SSSR count). The van der Waals surface area contributed by atoms with Crippen molar-refractivity contribution in [1.82, 2.24) is 4.98 Å². The quantitative estimate of drug-likeness (QED) is 0.754. The minimum absolute atomic E-state index is 0.183. The molecule has 6 heteroatoms. The molecular weight excluding hydrogens is 230 g/mol. The van der Waals surface area contributed by atoms with Crippen molar-refractivity contribution in [3.05, 3.63) is 15.6 Å². The molecule has 0 bridgehead atoms. The summed E-state index contributed by atoms with van der Waals surface area (Å²) in [6.07, 6.45) is 0. The summed E-state index contributed by atoms with van der Waals surface area (Å²) in [7, 11) is 0. The summed E-state index contributed by atoms with van der Waals surface area (Å²) < 4.78 is 9.63. The Hall–Kier alpha value is -1.43. The fraction of sp³-hybridized carbons (Fsp3) is 0.500. The maximum Gasteiger partial charge on any atom is 0.367 e. The Bertz CT molecular complexity index is 400. The average Bonchev–Trinajstić information content (AvgIpc) is 2.61. The van der Waals surface area contributed by atoms with Crippen molar-refractivity contribution in [3.8, 4) is 0 Å². The second kappa shape index (κ2) is 5.60. The molecule has 1 aromatic heterocycles. The number of hydrogen-bond donors (Lipinski definition) is 0.